The van der Waals surface area contributed by atoms with Crippen molar-refractivity contribution in [3.8, 4) is 11.5 Å². The molecular weight excluding hydrogens is 332 g/mol. The quantitative estimate of drug-likeness (QED) is 0.918. The zero-order valence-electron chi connectivity index (χ0n) is 14.3. The van der Waals surface area contributed by atoms with E-state index >= 15 is 0 Å². The summed E-state index contributed by atoms with van der Waals surface area (Å²) in [6.45, 7) is 0.916. The van der Waals surface area contributed by atoms with Crippen LogP contribution >= 0.6 is 0 Å². The SMILES string of the molecule is O=C(CCN1C(=O)COc2ccccc21)NC1CCOc2ccccc21. The molecule has 2 heterocycles. The van der Waals surface area contributed by atoms with Crippen LogP contribution in [0.3, 0.4) is 0 Å². The van der Waals surface area contributed by atoms with E-state index in [9.17, 15) is 9.59 Å². The Bertz CT molecular complexity index is 836. The summed E-state index contributed by atoms with van der Waals surface area (Å²) in [5.41, 5.74) is 1.72. The summed E-state index contributed by atoms with van der Waals surface area (Å²) in [7, 11) is 0. The summed E-state index contributed by atoms with van der Waals surface area (Å²) < 4.78 is 11.1. The third kappa shape index (κ3) is 3.22. The van der Waals surface area contributed by atoms with Crippen molar-refractivity contribution in [3.05, 3.63) is 54.1 Å². The van der Waals surface area contributed by atoms with Crippen LogP contribution in [0.1, 0.15) is 24.4 Å². The van der Waals surface area contributed by atoms with Gasteiger partial charge in [0.1, 0.15) is 11.5 Å². The van der Waals surface area contributed by atoms with Crippen molar-refractivity contribution >= 4 is 17.5 Å². The first-order chi connectivity index (χ1) is 12.7. The van der Waals surface area contributed by atoms with Crippen molar-refractivity contribution in [3.63, 3.8) is 0 Å². The minimum absolute atomic E-state index is 0.00592. The minimum atomic E-state index is -0.132. The smallest absolute Gasteiger partial charge is 0.265 e. The molecule has 6 nitrogen and oxygen atoms in total. The van der Waals surface area contributed by atoms with Gasteiger partial charge in [0.15, 0.2) is 6.61 Å². The third-order valence-corrected chi connectivity index (χ3v) is 4.66. The van der Waals surface area contributed by atoms with Gasteiger partial charge in [-0.1, -0.05) is 30.3 Å². The van der Waals surface area contributed by atoms with E-state index in [0.717, 1.165) is 17.7 Å². The molecule has 0 fully saturated rings. The van der Waals surface area contributed by atoms with Crippen molar-refractivity contribution in [2.75, 3.05) is 24.7 Å². The Labute approximate surface area is 151 Å². The van der Waals surface area contributed by atoms with Crippen LogP contribution in [0, 0.1) is 0 Å². The lowest BCUT2D eigenvalue weighted by Gasteiger charge is -2.30. The molecule has 0 spiro atoms. The summed E-state index contributed by atoms with van der Waals surface area (Å²) in [4.78, 5) is 26.3. The van der Waals surface area contributed by atoms with Gasteiger partial charge in [0.05, 0.1) is 18.3 Å². The summed E-state index contributed by atoms with van der Waals surface area (Å²) in [6, 6.07) is 15.1. The molecule has 0 bridgehead atoms. The largest absolute Gasteiger partial charge is 0.493 e. The van der Waals surface area contributed by atoms with E-state index in [-0.39, 0.29) is 30.9 Å². The van der Waals surface area contributed by atoms with Gasteiger partial charge in [0, 0.05) is 24.9 Å². The van der Waals surface area contributed by atoms with Crippen LogP contribution in [-0.2, 0) is 9.59 Å². The summed E-state index contributed by atoms with van der Waals surface area (Å²) in [5, 5.41) is 3.07. The number of rotatable bonds is 4. The molecule has 0 saturated carbocycles. The van der Waals surface area contributed by atoms with Crippen LogP contribution in [0.15, 0.2) is 48.5 Å². The molecule has 4 rings (SSSR count). The highest BCUT2D eigenvalue weighted by atomic mass is 16.5. The molecule has 1 N–H and O–H groups in total. The van der Waals surface area contributed by atoms with Crippen molar-refractivity contribution in [1.29, 1.82) is 0 Å². The second-order valence-electron chi connectivity index (χ2n) is 6.35. The van der Waals surface area contributed by atoms with Gasteiger partial charge in [-0.05, 0) is 18.2 Å². The van der Waals surface area contributed by atoms with Gasteiger partial charge in [0.2, 0.25) is 5.91 Å². The van der Waals surface area contributed by atoms with E-state index < -0.39 is 0 Å². The van der Waals surface area contributed by atoms with Crippen molar-refractivity contribution in [2.45, 2.75) is 18.9 Å². The summed E-state index contributed by atoms with van der Waals surface area (Å²) >= 11 is 0. The molecule has 0 aromatic heterocycles. The van der Waals surface area contributed by atoms with Crippen LogP contribution in [0.2, 0.25) is 0 Å². The maximum absolute atomic E-state index is 12.5. The van der Waals surface area contributed by atoms with Crippen LogP contribution in [0.25, 0.3) is 0 Å². The molecule has 0 saturated heterocycles. The lowest BCUT2D eigenvalue weighted by molar-refractivity contribution is -0.122. The maximum Gasteiger partial charge on any atom is 0.265 e. The predicted octanol–water partition coefficient (Wildman–Crippen LogP) is 2.44. The Hall–Kier alpha value is -3.02. The first-order valence-electron chi connectivity index (χ1n) is 8.75. The summed E-state index contributed by atoms with van der Waals surface area (Å²) in [5.74, 6) is 1.28. The lowest BCUT2D eigenvalue weighted by atomic mass is 10.0. The van der Waals surface area contributed by atoms with Gasteiger partial charge >= 0.3 is 0 Å². The number of hydrogen-bond acceptors (Lipinski definition) is 4. The molecule has 26 heavy (non-hydrogen) atoms. The van der Waals surface area contributed by atoms with Crippen molar-refractivity contribution in [1.82, 2.24) is 5.32 Å². The van der Waals surface area contributed by atoms with E-state index in [1.165, 1.54) is 0 Å². The Balaban J connectivity index is 1.40. The minimum Gasteiger partial charge on any atom is -0.493 e. The summed E-state index contributed by atoms with van der Waals surface area (Å²) in [6.07, 6.45) is 0.974. The van der Waals surface area contributed by atoms with Gasteiger partial charge < -0.3 is 19.7 Å². The average molecular weight is 352 g/mol. The Kier molecular flexibility index (Phi) is 4.48. The van der Waals surface area contributed by atoms with E-state index in [4.69, 9.17) is 9.47 Å². The number of hydrogen-bond donors (Lipinski definition) is 1. The first kappa shape index (κ1) is 16.4. The highest BCUT2D eigenvalue weighted by Crippen LogP contribution is 2.33. The number of para-hydroxylation sites is 3. The number of amides is 2. The van der Waals surface area contributed by atoms with Crippen LogP contribution in [-0.4, -0.2) is 31.6 Å². The fourth-order valence-electron chi connectivity index (χ4n) is 3.37. The number of nitrogens with zero attached hydrogens (tertiary/aromatic N) is 1. The fourth-order valence-corrected chi connectivity index (χ4v) is 3.37. The van der Waals surface area contributed by atoms with Gasteiger partial charge in [-0.3, -0.25) is 9.59 Å². The maximum atomic E-state index is 12.5. The molecule has 1 unspecified atom stereocenters. The first-order valence-corrected chi connectivity index (χ1v) is 8.75. The second-order valence-corrected chi connectivity index (χ2v) is 6.35. The highest BCUT2D eigenvalue weighted by Gasteiger charge is 2.27. The molecule has 2 aromatic carbocycles. The molecule has 0 radical (unpaired) electrons. The zero-order valence-corrected chi connectivity index (χ0v) is 14.3. The molecule has 2 aliphatic rings. The van der Waals surface area contributed by atoms with Crippen molar-refractivity contribution < 1.29 is 19.1 Å². The molecule has 2 aliphatic heterocycles. The van der Waals surface area contributed by atoms with Gasteiger partial charge in [-0.2, -0.15) is 0 Å². The van der Waals surface area contributed by atoms with Crippen molar-refractivity contribution in [2.24, 2.45) is 0 Å². The third-order valence-electron chi connectivity index (χ3n) is 4.66. The monoisotopic (exact) mass is 352 g/mol. The fraction of sp³-hybridized carbons (Fsp3) is 0.300. The molecule has 2 aromatic rings. The predicted molar refractivity (Wildman–Crippen MR) is 96.3 cm³/mol. The molecule has 1 atom stereocenters. The van der Waals surface area contributed by atoms with E-state index in [1.807, 2.05) is 48.5 Å². The molecule has 6 heteroatoms. The number of benzene rings is 2. The van der Waals surface area contributed by atoms with Gasteiger partial charge in [-0.25, -0.2) is 0 Å². The molecule has 134 valence electrons. The number of nitrogens with one attached hydrogen (secondary N) is 1. The van der Waals surface area contributed by atoms with E-state index in [1.54, 1.807) is 4.90 Å². The Morgan fingerprint density at radius 3 is 2.73 bits per heavy atom. The molecule has 0 aliphatic carbocycles. The van der Waals surface area contributed by atoms with E-state index in [2.05, 4.69) is 5.32 Å². The normalized spacial score (nSPS) is 18.2. The zero-order chi connectivity index (χ0) is 17.9. The highest BCUT2D eigenvalue weighted by molar-refractivity contribution is 5.98. The number of ether oxygens (including phenoxy) is 2. The van der Waals surface area contributed by atoms with Crippen LogP contribution < -0.4 is 19.7 Å². The second kappa shape index (κ2) is 7.07. The topological polar surface area (TPSA) is 67.9 Å². The number of fused-ring (bicyclic) bond motifs is 2. The number of carbonyl (C=O) groups excluding carboxylic acids is 2. The molecular formula is C20H20N2O4. The Morgan fingerprint density at radius 1 is 1.08 bits per heavy atom. The van der Waals surface area contributed by atoms with Gasteiger partial charge in [-0.15, -0.1) is 0 Å². The lowest BCUT2D eigenvalue weighted by Crippen LogP contribution is -2.41. The number of anilines is 1. The van der Waals surface area contributed by atoms with E-state index in [0.29, 0.717) is 24.6 Å². The number of carbonyl (C=O) groups is 2. The van der Waals surface area contributed by atoms with Gasteiger partial charge in [0.25, 0.3) is 5.91 Å². The standard InChI is InChI=1S/C20H20N2O4/c23-19(21-15-10-12-25-17-7-3-1-5-14(15)17)9-11-22-16-6-2-4-8-18(16)26-13-20(22)24/h1-8,15H,9-13H2,(H,21,23). The molecule has 2 amide bonds. The van der Waals surface area contributed by atoms with Crippen LogP contribution in [0.4, 0.5) is 5.69 Å². The Morgan fingerprint density at radius 2 is 1.85 bits per heavy atom. The van der Waals surface area contributed by atoms with Crippen LogP contribution in [0.5, 0.6) is 11.5 Å². The average Bonchev–Trinajstić information content (AvgIpc) is 2.67.